The monoisotopic (exact) mass is 258 g/mol. The largest absolute Gasteiger partial charge is 0.389 e. The van der Waals surface area contributed by atoms with E-state index in [0.29, 0.717) is 6.54 Å². The minimum Gasteiger partial charge on any atom is -0.389 e. The second kappa shape index (κ2) is 6.13. The zero-order valence-corrected chi connectivity index (χ0v) is 11.7. The number of nitrogens with zero attached hydrogens (tertiary/aromatic N) is 1. The molecule has 0 aliphatic carbocycles. The van der Waals surface area contributed by atoms with Crippen LogP contribution in [0.5, 0.6) is 0 Å². The molecule has 0 aliphatic rings. The molecule has 1 heterocycles. The summed E-state index contributed by atoms with van der Waals surface area (Å²) in [6, 6.07) is 10.2. The Morgan fingerprint density at radius 2 is 1.89 bits per heavy atom. The molecule has 2 N–H and O–H groups in total. The Kier molecular flexibility index (Phi) is 4.51. The number of benzene rings is 1. The third kappa shape index (κ3) is 3.31. The molecule has 19 heavy (non-hydrogen) atoms. The van der Waals surface area contributed by atoms with E-state index in [0.717, 1.165) is 24.9 Å². The van der Waals surface area contributed by atoms with Crippen LogP contribution >= 0.6 is 0 Å². The van der Waals surface area contributed by atoms with Gasteiger partial charge in [0.1, 0.15) is 0 Å². The molecule has 3 nitrogen and oxygen atoms in total. The van der Waals surface area contributed by atoms with Gasteiger partial charge in [-0.1, -0.05) is 32.0 Å². The Morgan fingerprint density at radius 1 is 1.16 bits per heavy atom. The molecule has 0 atom stereocenters. The predicted octanol–water partition coefficient (Wildman–Crippen LogP) is 2.88. The summed E-state index contributed by atoms with van der Waals surface area (Å²) in [7, 11) is 0. The lowest BCUT2D eigenvalue weighted by molar-refractivity contribution is 0.0323. The van der Waals surface area contributed by atoms with Crippen LogP contribution in [0.15, 0.2) is 36.5 Å². The van der Waals surface area contributed by atoms with Gasteiger partial charge in [0.15, 0.2) is 0 Å². The van der Waals surface area contributed by atoms with Crippen molar-refractivity contribution in [2.45, 2.75) is 38.8 Å². The molecule has 2 aromatic rings. The van der Waals surface area contributed by atoms with Crippen LogP contribution in [-0.2, 0) is 6.54 Å². The minimum absolute atomic E-state index is 0.594. The third-order valence-corrected chi connectivity index (χ3v) is 3.83. The molecule has 0 radical (unpaired) electrons. The van der Waals surface area contributed by atoms with Crippen molar-refractivity contribution in [2.24, 2.45) is 0 Å². The Bertz CT molecular complexity index is 530. The van der Waals surface area contributed by atoms with Gasteiger partial charge in [-0.05, 0) is 30.5 Å². The van der Waals surface area contributed by atoms with E-state index in [9.17, 15) is 5.11 Å². The van der Waals surface area contributed by atoms with E-state index in [1.807, 2.05) is 44.3 Å². The number of hydrogen-bond donors (Lipinski definition) is 2. The molecule has 0 fully saturated rings. The standard InChI is InChI=1S/C16H22N2O/c1-3-16(19,4-2)12-17-11-13-9-10-18-15-8-6-5-7-14(13)15/h5-10,17,19H,3-4,11-12H2,1-2H3. The number of para-hydroxylation sites is 1. The molecule has 102 valence electrons. The second-order valence-electron chi connectivity index (χ2n) is 5.02. The number of fused-ring (bicyclic) bond motifs is 1. The van der Waals surface area contributed by atoms with Crippen LogP contribution in [0.25, 0.3) is 10.9 Å². The first-order chi connectivity index (χ1) is 9.18. The van der Waals surface area contributed by atoms with Gasteiger partial charge in [-0.15, -0.1) is 0 Å². The van der Waals surface area contributed by atoms with E-state index in [1.54, 1.807) is 0 Å². The predicted molar refractivity (Wildman–Crippen MR) is 79.0 cm³/mol. The zero-order valence-electron chi connectivity index (χ0n) is 11.7. The summed E-state index contributed by atoms with van der Waals surface area (Å²) in [5.74, 6) is 0. The van der Waals surface area contributed by atoms with Crippen molar-refractivity contribution in [3.05, 3.63) is 42.1 Å². The summed E-state index contributed by atoms with van der Waals surface area (Å²) < 4.78 is 0. The number of rotatable bonds is 6. The van der Waals surface area contributed by atoms with Crippen LogP contribution in [0.1, 0.15) is 32.3 Å². The lowest BCUT2D eigenvalue weighted by Crippen LogP contribution is -2.39. The maximum Gasteiger partial charge on any atom is 0.0766 e. The summed E-state index contributed by atoms with van der Waals surface area (Å²) in [6.07, 6.45) is 3.38. The molecule has 3 heteroatoms. The highest BCUT2D eigenvalue weighted by atomic mass is 16.3. The van der Waals surface area contributed by atoms with E-state index >= 15 is 0 Å². The van der Waals surface area contributed by atoms with E-state index in [4.69, 9.17) is 0 Å². The average Bonchev–Trinajstić information content (AvgIpc) is 2.47. The number of aliphatic hydroxyl groups is 1. The number of hydrogen-bond acceptors (Lipinski definition) is 3. The molecular formula is C16H22N2O. The van der Waals surface area contributed by atoms with Gasteiger partial charge in [-0.2, -0.15) is 0 Å². The van der Waals surface area contributed by atoms with Gasteiger partial charge < -0.3 is 10.4 Å². The summed E-state index contributed by atoms with van der Waals surface area (Å²) in [6.45, 7) is 5.42. The molecule has 0 amide bonds. The van der Waals surface area contributed by atoms with Gasteiger partial charge >= 0.3 is 0 Å². The van der Waals surface area contributed by atoms with Gasteiger partial charge in [0.2, 0.25) is 0 Å². The van der Waals surface area contributed by atoms with Gasteiger partial charge in [-0.25, -0.2) is 0 Å². The van der Waals surface area contributed by atoms with Crippen molar-refractivity contribution in [1.82, 2.24) is 10.3 Å². The first-order valence-corrected chi connectivity index (χ1v) is 6.94. The van der Waals surface area contributed by atoms with Gasteiger partial charge in [0, 0.05) is 24.7 Å². The van der Waals surface area contributed by atoms with Gasteiger partial charge in [0.25, 0.3) is 0 Å². The first-order valence-electron chi connectivity index (χ1n) is 6.94. The van der Waals surface area contributed by atoms with Gasteiger partial charge in [-0.3, -0.25) is 4.98 Å². The fraction of sp³-hybridized carbons (Fsp3) is 0.438. The first kappa shape index (κ1) is 14.0. The van der Waals surface area contributed by atoms with Crippen molar-refractivity contribution in [3.8, 4) is 0 Å². The van der Waals surface area contributed by atoms with Crippen LogP contribution in [0.4, 0.5) is 0 Å². The lowest BCUT2D eigenvalue weighted by atomic mass is 9.97. The molecule has 1 aromatic heterocycles. The number of nitrogens with one attached hydrogen (secondary N) is 1. The van der Waals surface area contributed by atoms with Crippen molar-refractivity contribution < 1.29 is 5.11 Å². The number of aromatic nitrogens is 1. The van der Waals surface area contributed by atoms with Crippen molar-refractivity contribution in [3.63, 3.8) is 0 Å². The SMILES string of the molecule is CCC(O)(CC)CNCc1ccnc2ccccc12. The fourth-order valence-corrected chi connectivity index (χ4v) is 2.24. The van der Waals surface area contributed by atoms with E-state index in [1.165, 1.54) is 10.9 Å². The van der Waals surface area contributed by atoms with E-state index in [-0.39, 0.29) is 0 Å². The van der Waals surface area contributed by atoms with Crippen LogP contribution in [0.2, 0.25) is 0 Å². The third-order valence-electron chi connectivity index (χ3n) is 3.83. The Balaban J connectivity index is 2.06. The topological polar surface area (TPSA) is 45.1 Å². The fourth-order valence-electron chi connectivity index (χ4n) is 2.24. The molecule has 0 aliphatic heterocycles. The molecular weight excluding hydrogens is 236 g/mol. The highest BCUT2D eigenvalue weighted by Crippen LogP contribution is 2.17. The summed E-state index contributed by atoms with van der Waals surface area (Å²) >= 11 is 0. The van der Waals surface area contributed by atoms with E-state index < -0.39 is 5.60 Å². The van der Waals surface area contributed by atoms with Crippen LogP contribution < -0.4 is 5.32 Å². The molecule has 0 unspecified atom stereocenters. The zero-order chi connectivity index (χ0) is 13.7. The molecule has 0 saturated heterocycles. The van der Waals surface area contributed by atoms with Crippen LogP contribution in [-0.4, -0.2) is 22.2 Å². The molecule has 0 saturated carbocycles. The Hall–Kier alpha value is -1.45. The van der Waals surface area contributed by atoms with Gasteiger partial charge in [0.05, 0.1) is 11.1 Å². The van der Waals surface area contributed by atoms with E-state index in [2.05, 4.69) is 16.4 Å². The normalized spacial score (nSPS) is 11.9. The Labute approximate surface area is 114 Å². The van der Waals surface area contributed by atoms with Crippen LogP contribution in [0.3, 0.4) is 0 Å². The second-order valence-corrected chi connectivity index (χ2v) is 5.02. The molecule has 0 bridgehead atoms. The highest BCUT2D eigenvalue weighted by Gasteiger charge is 2.21. The highest BCUT2D eigenvalue weighted by molar-refractivity contribution is 5.81. The minimum atomic E-state index is -0.594. The maximum atomic E-state index is 10.2. The average molecular weight is 258 g/mol. The quantitative estimate of drug-likeness (QED) is 0.837. The summed E-state index contributed by atoms with van der Waals surface area (Å²) in [4.78, 5) is 4.35. The van der Waals surface area contributed by atoms with Crippen molar-refractivity contribution in [2.75, 3.05) is 6.54 Å². The lowest BCUT2D eigenvalue weighted by Gasteiger charge is -2.25. The Morgan fingerprint density at radius 3 is 2.63 bits per heavy atom. The summed E-state index contributed by atoms with van der Waals surface area (Å²) in [5, 5.41) is 14.8. The number of pyridine rings is 1. The summed E-state index contributed by atoms with van der Waals surface area (Å²) in [5.41, 5.74) is 1.64. The van der Waals surface area contributed by atoms with Crippen molar-refractivity contribution >= 4 is 10.9 Å². The molecule has 0 spiro atoms. The maximum absolute atomic E-state index is 10.2. The molecule has 2 rings (SSSR count). The van der Waals surface area contributed by atoms with Crippen molar-refractivity contribution in [1.29, 1.82) is 0 Å². The molecule has 1 aromatic carbocycles. The smallest absolute Gasteiger partial charge is 0.0766 e. The van der Waals surface area contributed by atoms with Crippen LogP contribution in [0, 0.1) is 0 Å².